The van der Waals surface area contributed by atoms with Gasteiger partial charge in [0.05, 0.1) is 6.61 Å². The van der Waals surface area contributed by atoms with Gasteiger partial charge in [0, 0.05) is 0 Å². The van der Waals surface area contributed by atoms with Crippen LogP contribution >= 0.6 is 0 Å². The van der Waals surface area contributed by atoms with Gasteiger partial charge in [-0.05, 0) is 0 Å². The Morgan fingerprint density at radius 3 is 1.87 bits per heavy atom. The summed E-state index contributed by atoms with van der Waals surface area (Å²) in [5.74, 6) is 0. The van der Waals surface area contributed by atoms with E-state index in [9.17, 15) is 40.1 Å². The maximum Gasteiger partial charge on any atom is 0.186 e. The van der Waals surface area contributed by atoms with Gasteiger partial charge < -0.3 is 50.0 Å². The van der Waals surface area contributed by atoms with Crippen LogP contribution in [0.3, 0.4) is 0 Å². The first-order chi connectivity index (χ1) is 10.8. The molecule has 0 radical (unpaired) electrons. The van der Waals surface area contributed by atoms with Gasteiger partial charge in [-0.25, -0.2) is 4.39 Å². The minimum Gasteiger partial charge on any atom is -0.387 e. The van der Waals surface area contributed by atoms with Crippen molar-refractivity contribution in [2.45, 2.75) is 61.4 Å². The summed E-state index contributed by atoms with van der Waals surface area (Å²) in [7, 11) is 0. The number of hydrogen-bond acceptors (Lipinski definition) is 10. The van der Waals surface area contributed by atoms with Crippen molar-refractivity contribution in [3.8, 4) is 0 Å². The van der Waals surface area contributed by atoms with Crippen molar-refractivity contribution in [2.75, 3.05) is 13.3 Å². The van der Waals surface area contributed by atoms with Crippen molar-refractivity contribution in [2.24, 2.45) is 0 Å². The van der Waals surface area contributed by atoms with Crippen molar-refractivity contribution in [3.63, 3.8) is 0 Å². The smallest absolute Gasteiger partial charge is 0.186 e. The Labute approximate surface area is 130 Å². The average Bonchev–Trinajstić information content (AvgIpc) is 2.54. The highest BCUT2D eigenvalue weighted by Crippen LogP contribution is 2.25. The monoisotopic (exact) mass is 344 g/mol. The van der Waals surface area contributed by atoms with Crippen LogP contribution in [0.15, 0.2) is 0 Å². The van der Waals surface area contributed by atoms with E-state index in [-0.39, 0.29) is 0 Å². The first-order valence-corrected chi connectivity index (χ1v) is 7.03. The van der Waals surface area contributed by atoms with Crippen molar-refractivity contribution >= 4 is 0 Å². The lowest BCUT2D eigenvalue weighted by molar-refractivity contribution is -0.324. The van der Waals surface area contributed by atoms with Gasteiger partial charge in [-0.1, -0.05) is 0 Å². The summed E-state index contributed by atoms with van der Waals surface area (Å²) in [6, 6.07) is 0. The number of ether oxygens (including phenoxy) is 3. The lowest BCUT2D eigenvalue weighted by Gasteiger charge is -2.41. The molecular weight excluding hydrogens is 323 g/mol. The van der Waals surface area contributed by atoms with E-state index in [4.69, 9.17) is 14.2 Å². The van der Waals surface area contributed by atoms with Gasteiger partial charge in [0.25, 0.3) is 0 Å². The molecule has 7 N–H and O–H groups in total. The quantitative estimate of drug-likeness (QED) is 0.264. The van der Waals surface area contributed by atoms with E-state index in [1.807, 2.05) is 0 Å². The minimum absolute atomic E-state index is 0.508. The van der Waals surface area contributed by atoms with Gasteiger partial charge in [-0.2, -0.15) is 0 Å². The lowest BCUT2D eigenvalue weighted by atomic mass is 9.98. The highest BCUT2D eigenvalue weighted by molar-refractivity contribution is 4.91. The summed E-state index contributed by atoms with van der Waals surface area (Å²) in [6.07, 6.45) is -16.0. The van der Waals surface area contributed by atoms with E-state index in [2.05, 4.69) is 0 Å². The number of halogens is 1. The predicted molar refractivity (Wildman–Crippen MR) is 67.5 cm³/mol. The number of aliphatic hydroxyl groups is 7. The van der Waals surface area contributed by atoms with Gasteiger partial charge >= 0.3 is 0 Å². The first kappa shape index (κ1) is 18.9. The Kier molecular flexibility index (Phi) is 6.24. The highest BCUT2D eigenvalue weighted by Gasteiger charge is 2.46. The molecule has 2 saturated heterocycles. The molecule has 0 aliphatic carbocycles. The molecule has 0 bridgehead atoms. The molecule has 2 rings (SSSR count). The lowest BCUT2D eigenvalue weighted by Crippen LogP contribution is -2.61. The molecule has 2 aliphatic rings. The van der Waals surface area contributed by atoms with E-state index in [0.29, 0.717) is 0 Å². The molecule has 0 aromatic rings. The fourth-order valence-electron chi connectivity index (χ4n) is 2.44. The number of rotatable bonds is 4. The van der Waals surface area contributed by atoms with E-state index in [1.165, 1.54) is 0 Å². The average molecular weight is 344 g/mol. The fraction of sp³-hybridized carbons (Fsp3) is 1.00. The number of alkyl halides is 1. The van der Waals surface area contributed by atoms with E-state index in [0.717, 1.165) is 0 Å². The van der Waals surface area contributed by atoms with Gasteiger partial charge in [0.2, 0.25) is 0 Å². The SMILES string of the molecule is O[C@@H]1[C@@H](O)[C@@H](O)O[C@H](CO[C@H]2O[C@H](CF)[C@@H](O)[C@H](O)[C@H]2O)[C@H]1O. The standard InChI is InChI=1S/C12H21FO10/c13-1-3-5(14)8(17)10(19)12(23-3)21-2-4-6(15)7(16)9(18)11(20)22-4/h3-12,14-20H,1-2H2/t3-,4-,5-,6-,7+,8+,9-,10-,11+,12+/m1/s1. The Morgan fingerprint density at radius 2 is 1.26 bits per heavy atom. The molecule has 11 heteroatoms. The van der Waals surface area contributed by atoms with Crippen molar-refractivity contribution in [3.05, 3.63) is 0 Å². The second-order valence-corrected chi connectivity index (χ2v) is 5.54. The fourth-order valence-corrected chi connectivity index (χ4v) is 2.44. The summed E-state index contributed by atoms with van der Waals surface area (Å²) in [6.45, 7) is -1.64. The Bertz CT molecular complexity index is 385. The van der Waals surface area contributed by atoms with Crippen molar-refractivity contribution < 1.29 is 54.3 Å². The van der Waals surface area contributed by atoms with Crippen LogP contribution in [0.1, 0.15) is 0 Å². The topological polar surface area (TPSA) is 169 Å². The van der Waals surface area contributed by atoms with Gasteiger partial charge in [-0.15, -0.1) is 0 Å². The first-order valence-electron chi connectivity index (χ1n) is 7.03. The van der Waals surface area contributed by atoms with E-state index in [1.54, 1.807) is 0 Å². The summed E-state index contributed by atoms with van der Waals surface area (Å²) < 4.78 is 27.6. The molecule has 2 heterocycles. The van der Waals surface area contributed by atoms with Crippen molar-refractivity contribution in [1.29, 1.82) is 0 Å². The van der Waals surface area contributed by atoms with Crippen LogP contribution in [-0.2, 0) is 14.2 Å². The second kappa shape index (κ2) is 7.61. The van der Waals surface area contributed by atoms with Crippen LogP contribution in [0, 0.1) is 0 Å². The van der Waals surface area contributed by atoms with Crippen LogP contribution in [-0.4, -0.2) is 110 Å². The second-order valence-electron chi connectivity index (χ2n) is 5.54. The Morgan fingerprint density at radius 1 is 0.696 bits per heavy atom. The largest absolute Gasteiger partial charge is 0.387 e. The number of hydrogen-bond donors (Lipinski definition) is 7. The maximum absolute atomic E-state index is 12.7. The molecule has 0 aromatic heterocycles. The zero-order valence-corrected chi connectivity index (χ0v) is 11.9. The molecule has 23 heavy (non-hydrogen) atoms. The predicted octanol–water partition coefficient (Wildman–Crippen LogP) is -4.42. The van der Waals surface area contributed by atoms with Gasteiger partial charge in [0.1, 0.15) is 55.5 Å². The summed E-state index contributed by atoms with van der Waals surface area (Å²) in [5.41, 5.74) is 0. The summed E-state index contributed by atoms with van der Waals surface area (Å²) in [5, 5.41) is 66.8. The summed E-state index contributed by atoms with van der Waals surface area (Å²) in [4.78, 5) is 0. The van der Waals surface area contributed by atoms with Crippen molar-refractivity contribution in [1.82, 2.24) is 0 Å². The molecule has 10 nitrogen and oxygen atoms in total. The van der Waals surface area contributed by atoms with Crippen LogP contribution in [0.5, 0.6) is 0 Å². The minimum atomic E-state index is -1.76. The van der Waals surface area contributed by atoms with Gasteiger partial charge in [0.15, 0.2) is 12.6 Å². The highest BCUT2D eigenvalue weighted by atomic mass is 19.1. The third-order valence-electron chi connectivity index (χ3n) is 3.93. The Balaban J connectivity index is 1.94. The third kappa shape index (κ3) is 3.79. The molecule has 0 amide bonds. The van der Waals surface area contributed by atoms with E-state index >= 15 is 0 Å². The number of aliphatic hydroxyl groups excluding tert-OH is 7. The molecular formula is C12H21FO10. The summed E-state index contributed by atoms with van der Waals surface area (Å²) >= 11 is 0. The third-order valence-corrected chi connectivity index (χ3v) is 3.93. The zero-order chi connectivity index (χ0) is 17.3. The van der Waals surface area contributed by atoms with Crippen LogP contribution in [0.4, 0.5) is 4.39 Å². The molecule has 2 aliphatic heterocycles. The Hall–Kier alpha value is -0.470. The normalized spacial score (nSPS) is 51.7. The van der Waals surface area contributed by atoms with Crippen LogP contribution < -0.4 is 0 Å². The van der Waals surface area contributed by atoms with Gasteiger partial charge in [-0.3, -0.25) is 0 Å². The van der Waals surface area contributed by atoms with E-state index < -0.39 is 74.7 Å². The maximum atomic E-state index is 12.7. The van der Waals surface area contributed by atoms with Crippen LogP contribution in [0.2, 0.25) is 0 Å². The molecule has 0 aromatic carbocycles. The molecule has 10 atom stereocenters. The van der Waals surface area contributed by atoms with Crippen LogP contribution in [0.25, 0.3) is 0 Å². The molecule has 2 fully saturated rings. The molecule has 136 valence electrons. The molecule has 0 unspecified atom stereocenters. The zero-order valence-electron chi connectivity index (χ0n) is 11.9. The molecule has 0 spiro atoms. The molecule has 0 saturated carbocycles.